The quantitative estimate of drug-likeness (QED) is 0.838. The van der Waals surface area contributed by atoms with Gasteiger partial charge in [0.2, 0.25) is 5.91 Å². The Morgan fingerprint density at radius 2 is 1.67 bits per heavy atom. The first-order valence-corrected chi connectivity index (χ1v) is 6.87. The molecule has 1 N–H and O–H groups in total. The van der Waals surface area contributed by atoms with Crippen molar-refractivity contribution in [3.8, 4) is 0 Å². The van der Waals surface area contributed by atoms with Crippen LogP contribution in [0, 0.1) is 17.3 Å². The average Bonchev–Trinajstić information content (AvgIpc) is 2.92. The molecule has 4 heteroatoms. The Kier molecular flexibility index (Phi) is 3.39. The summed E-state index contributed by atoms with van der Waals surface area (Å²) in [5, 5.41) is 9.13. The highest BCUT2D eigenvalue weighted by molar-refractivity contribution is 5.91. The van der Waals surface area contributed by atoms with Crippen LogP contribution in [-0.2, 0) is 9.59 Å². The molecule has 2 atom stereocenters. The SMILES string of the molecule is CN(C(=O)[C@H]1[C@@H](C(=O)O)C1(C)C)C1CCCCC1. The highest BCUT2D eigenvalue weighted by Gasteiger charge is 2.66. The molecule has 0 aromatic carbocycles. The minimum Gasteiger partial charge on any atom is -0.481 e. The second-order valence-corrected chi connectivity index (χ2v) is 6.36. The lowest BCUT2D eigenvalue weighted by atomic mass is 9.94. The highest BCUT2D eigenvalue weighted by Crippen LogP contribution is 2.59. The third-order valence-electron chi connectivity index (χ3n) is 4.83. The molecule has 2 rings (SSSR count). The van der Waals surface area contributed by atoms with Crippen LogP contribution in [0.3, 0.4) is 0 Å². The van der Waals surface area contributed by atoms with Gasteiger partial charge in [-0.25, -0.2) is 0 Å². The maximum absolute atomic E-state index is 12.4. The lowest BCUT2D eigenvalue weighted by molar-refractivity contribution is -0.142. The Bertz CT molecular complexity index is 358. The van der Waals surface area contributed by atoms with Crippen molar-refractivity contribution in [1.82, 2.24) is 4.90 Å². The normalized spacial score (nSPS) is 30.8. The summed E-state index contributed by atoms with van der Waals surface area (Å²) in [5.74, 6) is -1.65. The van der Waals surface area contributed by atoms with Crippen molar-refractivity contribution >= 4 is 11.9 Å². The van der Waals surface area contributed by atoms with E-state index in [1.165, 1.54) is 19.3 Å². The van der Waals surface area contributed by atoms with Gasteiger partial charge in [-0.2, -0.15) is 0 Å². The van der Waals surface area contributed by atoms with Gasteiger partial charge in [0.15, 0.2) is 0 Å². The van der Waals surface area contributed by atoms with E-state index in [2.05, 4.69) is 0 Å². The van der Waals surface area contributed by atoms with Crippen molar-refractivity contribution in [3.05, 3.63) is 0 Å². The number of hydrogen-bond acceptors (Lipinski definition) is 2. The van der Waals surface area contributed by atoms with Crippen molar-refractivity contribution in [2.75, 3.05) is 7.05 Å². The molecule has 102 valence electrons. The third-order valence-corrected chi connectivity index (χ3v) is 4.83. The van der Waals surface area contributed by atoms with E-state index >= 15 is 0 Å². The van der Waals surface area contributed by atoms with Gasteiger partial charge in [-0.3, -0.25) is 9.59 Å². The first kappa shape index (κ1) is 13.4. The van der Waals surface area contributed by atoms with Gasteiger partial charge < -0.3 is 10.0 Å². The maximum atomic E-state index is 12.4. The van der Waals surface area contributed by atoms with Crippen molar-refractivity contribution in [2.24, 2.45) is 17.3 Å². The fraction of sp³-hybridized carbons (Fsp3) is 0.857. The van der Waals surface area contributed by atoms with Crippen LogP contribution in [0.15, 0.2) is 0 Å². The standard InChI is InChI=1S/C14H23NO3/c1-14(2)10(11(14)13(17)18)12(16)15(3)9-7-5-4-6-8-9/h9-11H,4-8H2,1-3H3,(H,17,18)/t10-,11+/m1/s1. The molecule has 2 aliphatic rings. The maximum Gasteiger partial charge on any atom is 0.307 e. The Labute approximate surface area is 108 Å². The fourth-order valence-electron chi connectivity index (χ4n) is 3.43. The lowest BCUT2D eigenvalue weighted by Crippen LogP contribution is -2.40. The van der Waals surface area contributed by atoms with Crippen molar-refractivity contribution in [1.29, 1.82) is 0 Å². The predicted molar refractivity (Wildman–Crippen MR) is 68.0 cm³/mol. The van der Waals surface area contributed by atoms with E-state index in [9.17, 15) is 9.59 Å². The number of carboxylic acids is 1. The predicted octanol–water partition coefficient (Wildman–Crippen LogP) is 2.13. The van der Waals surface area contributed by atoms with Crippen LogP contribution >= 0.6 is 0 Å². The largest absolute Gasteiger partial charge is 0.481 e. The van der Waals surface area contributed by atoms with Crippen LogP contribution in [-0.4, -0.2) is 35.0 Å². The number of rotatable bonds is 3. The molecule has 2 saturated carbocycles. The zero-order valence-electron chi connectivity index (χ0n) is 11.5. The van der Waals surface area contributed by atoms with E-state index in [0.717, 1.165) is 12.8 Å². The van der Waals surface area contributed by atoms with Gasteiger partial charge in [-0.05, 0) is 18.3 Å². The molecule has 0 aromatic heterocycles. The zero-order chi connectivity index (χ0) is 13.5. The number of nitrogens with zero attached hydrogens (tertiary/aromatic N) is 1. The molecule has 0 heterocycles. The fourth-order valence-corrected chi connectivity index (χ4v) is 3.43. The molecule has 0 aromatic rings. The average molecular weight is 253 g/mol. The topological polar surface area (TPSA) is 57.6 Å². The molecule has 2 aliphatic carbocycles. The van der Waals surface area contributed by atoms with Crippen LogP contribution in [0.25, 0.3) is 0 Å². The van der Waals surface area contributed by atoms with E-state index in [4.69, 9.17) is 5.11 Å². The van der Waals surface area contributed by atoms with Crippen molar-refractivity contribution < 1.29 is 14.7 Å². The van der Waals surface area contributed by atoms with E-state index in [1.807, 2.05) is 25.8 Å². The van der Waals surface area contributed by atoms with Crippen LogP contribution in [0.4, 0.5) is 0 Å². The molecule has 0 aliphatic heterocycles. The Morgan fingerprint density at radius 3 is 2.11 bits per heavy atom. The van der Waals surface area contributed by atoms with Crippen molar-refractivity contribution in [3.63, 3.8) is 0 Å². The minimum atomic E-state index is -0.838. The van der Waals surface area contributed by atoms with Gasteiger partial charge in [0.25, 0.3) is 0 Å². The molecule has 0 saturated heterocycles. The number of carbonyl (C=O) groups is 2. The highest BCUT2D eigenvalue weighted by atomic mass is 16.4. The molecule has 0 unspecified atom stereocenters. The zero-order valence-corrected chi connectivity index (χ0v) is 11.5. The Hall–Kier alpha value is -1.06. The second-order valence-electron chi connectivity index (χ2n) is 6.36. The number of hydrogen-bond donors (Lipinski definition) is 1. The van der Waals surface area contributed by atoms with Gasteiger partial charge in [-0.15, -0.1) is 0 Å². The van der Waals surface area contributed by atoms with Crippen LogP contribution in [0.1, 0.15) is 46.0 Å². The molecule has 0 bridgehead atoms. The summed E-state index contributed by atoms with van der Waals surface area (Å²) in [6.07, 6.45) is 5.74. The third kappa shape index (κ3) is 2.13. The van der Waals surface area contributed by atoms with Crippen molar-refractivity contribution in [2.45, 2.75) is 52.0 Å². The van der Waals surface area contributed by atoms with E-state index in [1.54, 1.807) is 0 Å². The van der Waals surface area contributed by atoms with E-state index in [-0.39, 0.29) is 17.2 Å². The summed E-state index contributed by atoms with van der Waals surface area (Å²) in [7, 11) is 1.84. The smallest absolute Gasteiger partial charge is 0.307 e. The van der Waals surface area contributed by atoms with Gasteiger partial charge in [0.1, 0.15) is 0 Å². The van der Waals surface area contributed by atoms with Crippen LogP contribution < -0.4 is 0 Å². The summed E-state index contributed by atoms with van der Waals surface area (Å²) >= 11 is 0. The molecule has 0 radical (unpaired) electrons. The second kappa shape index (κ2) is 4.56. The molecular formula is C14H23NO3. The first-order chi connectivity index (χ1) is 8.37. The van der Waals surface area contributed by atoms with E-state index in [0.29, 0.717) is 6.04 Å². The molecule has 1 amide bonds. The molecule has 0 spiro atoms. The van der Waals surface area contributed by atoms with E-state index < -0.39 is 11.9 Å². The molecule has 18 heavy (non-hydrogen) atoms. The van der Waals surface area contributed by atoms with Crippen LogP contribution in [0.2, 0.25) is 0 Å². The Balaban J connectivity index is 2.01. The summed E-state index contributed by atoms with van der Waals surface area (Å²) in [6, 6.07) is 0.317. The summed E-state index contributed by atoms with van der Waals surface area (Å²) < 4.78 is 0. The molecular weight excluding hydrogens is 230 g/mol. The number of amides is 1. The summed E-state index contributed by atoms with van der Waals surface area (Å²) in [4.78, 5) is 25.3. The number of carbonyl (C=O) groups excluding carboxylic acids is 1. The summed E-state index contributed by atoms with van der Waals surface area (Å²) in [6.45, 7) is 3.76. The van der Waals surface area contributed by atoms with Gasteiger partial charge >= 0.3 is 5.97 Å². The number of carboxylic acid groups (broad SMARTS) is 1. The molecule has 4 nitrogen and oxygen atoms in total. The number of aliphatic carboxylic acids is 1. The van der Waals surface area contributed by atoms with Gasteiger partial charge in [0.05, 0.1) is 11.8 Å². The monoisotopic (exact) mass is 253 g/mol. The van der Waals surface area contributed by atoms with Gasteiger partial charge in [-0.1, -0.05) is 33.1 Å². The summed E-state index contributed by atoms with van der Waals surface area (Å²) in [5.41, 5.74) is -0.383. The minimum absolute atomic E-state index is 0.0271. The van der Waals surface area contributed by atoms with Gasteiger partial charge in [0, 0.05) is 13.1 Å². The first-order valence-electron chi connectivity index (χ1n) is 6.87. The molecule has 2 fully saturated rings. The lowest BCUT2D eigenvalue weighted by Gasteiger charge is -2.31. The van der Waals surface area contributed by atoms with Crippen LogP contribution in [0.5, 0.6) is 0 Å². The Morgan fingerprint density at radius 1 is 1.11 bits per heavy atom.